The largest absolute Gasteiger partial charge is 0.465 e. The molecular weight excluding hydrogens is 260 g/mol. The van der Waals surface area contributed by atoms with Gasteiger partial charge in [-0.05, 0) is 12.8 Å². The third kappa shape index (κ3) is 3.29. The number of aromatic nitrogens is 1. The van der Waals surface area contributed by atoms with Crippen molar-refractivity contribution in [3.63, 3.8) is 0 Å². The summed E-state index contributed by atoms with van der Waals surface area (Å²) < 4.78 is 9.42. The van der Waals surface area contributed by atoms with Crippen LogP contribution in [-0.4, -0.2) is 18.2 Å². The fourth-order valence-electron chi connectivity index (χ4n) is 1.78. The predicted molar refractivity (Wildman–Crippen MR) is 72.9 cm³/mol. The van der Waals surface area contributed by atoms with Gasteiger partial charge in [0.15, 0.2) is 5.57 Å². The number of nitrogens with two attached hydrogens (primary N) is 2. The van der Waals surface area contributed by atoms with Crippen molar-refractivity contribution in [3.8, 4) is 6.07 Å². The fraction of sp³-hybridized carbons (Fsp3) is 0.462. The van der Waals surface area contributed by atoms with E-state index in [-0.39, 0.29) is 17.2 Å². The lowest BCUT2D eigenvalue weighted by Crippen LogP contribution is -2.12. The van der Waals surface area contributed by atoms with Gasteiger partial charge < -0.3 is 20.7 Å². The summed E-state index contributed by atoms with van der Waals surface area (Å²) in [5.74, 6) is -0.823. The monoisotopic (exact) mass is 278 g/mol. The van der Waals surface area contributed by atoms with Gasteiger partial charge in [-0.3, -0.25) is 0 Å². The lowest BCUT2D eigenvalue weighted by molar-refractivity contribution is -0.135. The molecule has 0 bridgehead atoms. The van der Waals surface area contributed by atoms with Crippen LogP contribution in [0.3, 0.4) is 0 Å². The van der Waals surface area contributed by atoms with Crippen molar-refractivity contribution in [2.45, 2.75) is 32.6 Å². The van der Waals surface area contributed by atoms with E-state index in [1.807, 2.05) is 0 Å². The van der Waals surface area contributed by atoms with Crippen LogP contribution in [0.4, 0.5) is 5.88 Å². The normalized spacial score (nSPS) is 11.7. The van der Waals surface area contributed by atoms with Crippen LogP contribution >= 0.6 is 0 Å². The van der Waals surface area contributed by atoms with Gasteiger partial charge in [-0.2, -0.15) is 5.26 Å². The van der Waals surface area contributed by atoms with E-state index in [1.165, 1.54) is 7.11 Å². The number of hydrogen-bond acceptors (Lipinski definition) is 7. The first-order valence-corrected chi connectivity index (χ1v) is 6.29. The van der Waals surface area contributed by atoms with Crippen molar-refractivity contribution in [1.29, 1.82) is 5.26 Å². The Hall–Kier alpha value is -2.49. The molecule has 0 aliphatic carbocycles. The van der Waals surface area contributed by atoms with E-state index in [4.69, 9.17) is 21.3 Å². The molecule has 0 fully saturated rings. The number of nitrogens with zero attached hydrogens (tertiary/aromatic N) is 2. The molecule has 0 atom stereocenters. The van der Waals surface area contributed by atoms with E-state index in [2.05, 4.69) is 16.8 Å². The molecule has 0 aromatic carbocycles. The van der Waals surface area contributed by atoms with E-state index in [9.17, 15) is 4.79 Å². The maximum atomic E-state index is 11.5. The Morgan fingerprint density at radius 3 is 2.75 bits per heavy atom. The maximum absolute atomic E-state index is 11.5. The van der Waals surface area contributed by atoms with Crippen LogP contribution in [0.2, 0.25) is 0 Å². The highest BCUT2D eigenvalue weighted by molar-refractivity contribution is 6.01. The summed E-state index contributed by atoms with van der Waals surface area (Å²) in [6.07, 6.45) is 3.59. The van der Waals surface area contributed by atoms with Crippen LogP contribution in [0.15, 0.2) is 10.1 Å². The molecule has 4 N–H and O–H groups in total. The van der Waals surface area contributed by atoms with Crippen LogP contribution in [0.1, 0.15) is 37.4 Å². The Kier molecular flexibility index (Phi) is 5.59. The van der Waals surface area contributed by atoms with Gasteiger partial charge in [-0.25, -0.2) is 4.79 Å². The van der Waals surface area contributed by atoms with Gasteiger partial charge in [0.2, 0.25) is 5.88 Å². The smallest absolute Gasteiger partial charge is 0.350 e. The summed E-state index contributed by atoms with van der Waals surface area (Å²) in [4.78, 5) is 11.5. The van der Waals surface area contributed by atoms with Gasteiger partial charge in [0.05, 0.1) is 24.1 Å². The first-order chi connectivity index (χ1) is 9.56. The SMILES string of the molecule is CCCCCc1noc(N)c1/C(N)=C(/C#N)C(=O)OC. The lowest BCUT2D eigenvalue weighted by Gasteiger charge is -2.05. The first kappa shape index (κ1) is 15.6. The minimum atomic E-state index is -0.815. The van der Waals surface area contributed by atoms with Crippen molar-refractivity contribution in [2.75, 3.05) is 12.8 Å². The number of anilines is 1. The number of nitrogen functional groups attached to an aromatic ring is 1. The van der Waals surface area contributed by atoms with Crippen molar-refractivity contribution in [1.82, 2.24) is 5.16 Å². The number of rotatable bonds is 6. The molecule has 1 rings (SSSR count). The molecule has 0 saturated heterocycles. The van der Waals surface area contributed by atoms with Crippen molar-refractivity contribution in [2.24, 2.45) is 5.73 Å². The number of unbranched alkanes of at least 4 members (excludes halogenated alkanes) is 2. The molecule has 0 amide bonds. The van der Waals surface area contributed by atoms with E-state index >= 15 is 0 Å². The number of esters is 1. The minimum Gasteiger partial charge on any atom is -0.465 e. The van der Waals surface area contributed by atoms with E-state index < -0.39 is 5.97 Å². The van der Waals surface area contributed by atoms with Crippen LogP contribution in [0, 0.1) is 11.3 Å². The first-order valence-electron chi connectivity index (χ1n) is 6.29. The zero-order chi connectivity index (χ0) is 15.1. The Bertz CT molecular complexity index is 554. The van der Waals surface area contributed by atoms with Gasteiger partial charge in [0, 0.05) is 0 Å². The molecule has 0 unspecified atom stereocenters. The van der Waals surface area contributed by atoms with Crippen molar-refractivity contribution in [3.05, 3.63) is 16.8 Å². The summed E-state index contributed by atoms with van der Waals surface area (Å²) in [5, 5.41) is 12.8. The molecule has 1 aromatic heterocycles. The second-order valence-electron chi connectivity index (χ2n) is 4.22. The van der Waals surface area contributed by atoms with Crippen LogP contribution < -0.4 is 11.5 Å². The topological polar surface area (TPSA) is 128 Å². The highest BCUT2D eigenvalue weighted by Crippen LogP contribution is 2.26. The quantitative estimate of drug-likeness (QED) is 0.348. The van der Waals surface area contributed by atoms with Gasteiger partial charge in [-0.15, -0.1) is 0 Å². The Labute approximate surface area is 117 Å². The molecule has 108 valence electrons. The van der Waals surface area contributed by atoms with Crippen LogP contribution in [-0.2, 0) is 16.0 Å². The zero-order valence-corrected chi connectivity index (χ0v) is 11.6. The molecule has 7 nitrogen and oxygen atoms in total. The predicted octanol–water partition coefficient (Wildman–Crippen LogP) is 1.36. The van der Waals surface area contributed by atoms with Gasteiger partial charge >= 0.3 is 5.97 Å². The van der Waals surface area contributed by atoms with Crippen LogP contribution in [0.5, 0.6) is 0 Å². The van der Waals surface area contributed by atoms with Crippen LogP contribution in [0.25, 0.3) is 5.70 Å². The highest BCUT2D eigenvalue weighted by Gasteiger charge is 2.22. The average molecular weight is 278 g/mol. The number of nitriles is 1. The number of hydrogen-bond donors (Lipinski definition) is 2. The number of methoxy groups -OCH3 is 1. The fourth-order valence-corrected chi connectivity index (χ4v) is 1.78. The minimum absolute atomic E-state index is 0.00866. The Morgan fingerprint density at radius 2 is 2.20 bits per heavy atom. The standard InChI is InChI=1S/C13H18N4O3/c1-3-4-5-6-9-10(12(16)20-17-9)11(15)8(7-14)13(18)19-2/h3-6,15-16H2,1-2H3/b11-8+. The molecule has 1 heterocycles. The summed E-state index contributed by atoms with van der Waals surface area (Å²) in [6.45, 7) is 2.08. The molecule has 0 radical (unpaired) electrons. The van der Waals surface area contributed by atoms with E-state index in [0.29, 0.717) is 17.7 Å². The van der Waals surface area contributed by atoms with Crippen molar-refractivity contribution >= 4 is 17.6 Å². The molecule has 0 spiro atoms. The molecule has 1 aromatic rings. The van der Waals surface area contributed by atoms with E-state index in [1.54, 1.807) is 6.07 Å². The second kappa shape index (κ2) is 7.19. The molecule has 7 heteroatoms. The number of aryl methyl sites for hydroxylation is 1. The molecule has 20 heavy (non-hydrogen) atoms. The summed E-state index contributed by atoms with van der Waals surface area (Å²) >= 11 is 0. The molecular formula is C13H18N4O3. The number of carbonyl (C=O) groups excluding carboxylic acids is 1. The molecule has 0 aliphatic heterocycles. The third-order valence-electron chi connectivity index (χ3n) is 2.85. The number of carbonyl (C=O) groups is 1. The molecule has 0 aliphatic rings. The Morgan fingerprint density at radius 1 is 1.50 bits per heavy atom. The molecule has 0 saturated carbocycles. The highest BCUT2D eigenvalue weighted by atomic mass is 16.5. The summed E-state index contributed by atoms with van der Waals surface area (Å²) in [5.41, 5.74) is 12.0. The second-order valence-corrected chi connectivity index (χ2v) is 4.22. The van der Waals surface area contributed by atoms with E-state index in [0.717, 1.165) is 19.3 Å². The lowest BCUT2D eigenvalue weighted by atomic mass is 10.0. The third-order valence-corrected chi connectivity index (χ3v) is 2.85. The van der Waals surface area contributed by atoms with Gasteiger partial charge in [-0.1, -0.05) is 24.9 Å². The maximum Gasteiger partial charge on any atom is 0.350 e. The summed E-state index contributed by atoms with van der Waals surface area (Å²) in [6, 6.07) is 1.72. The Balaban J connectivity index is 3.17. The van der Waals surface area contributed by atoms with Crippen molar-refractivity contribution < 1.29 is 14.1 Å². The van der Waals surface area contributed by atoms with Gasteiger partial charge in [0.25, 0.3) is 0 Å². The summed E-state index contributed by atoms with van der Waals surface area (Å²) in [7, 11) is 1.17. The number of ether oxygens (including phenoxy) is 1. The van der Waals surface area contributed by atoms with Gasteiger partial charge in [0.1, 0.15) is 6.07 Å². The average Bonchev–Trinajstić information content (AvgIpc) is 2.80. The zero-order valence-electron chi connectivity index (χ0n) is 11.6.